The zero-order valence-electron chi connectivity index (χ0n) is 26.7. The minimum absolute atomic E-state index is 0.0701. The SMILES string of the molecule is CN1CCC(CN2CCc3c(ncnc3Oc3ccc(NC(=O)c4cn(CC5CC5)c(=O)n(-c5ccc(F)cc5)c4=O)cc3F)C2)CC1. The number of nitrogens with one attached hydrogen (secondary N) is 1. The molecule has 250 valence electrons. The number of hydrogen-bond donors (Lipinski definition) is 1. The number of likely N-dealkylation sites (tertiary alicyclic amines) is 1. The summed E-state index contributed by atoms with van der Waals surface area (Å²) >= 11 is 0. The van der Waals surface area contributed by atoms with Crippen LogP contribution in [0, 0.1) is 23.5 Å². The van der Waals surface area contributed by atoms with Gasteiger partial charge in [0.05, 0.1) is 11.4 Å². The third-order valence-corrected chi connectivity index (χ3v) is 9.43. The summed E-state index contributed by atoms with van der Waals surface area (Å²) in [5.74, 6) is -0.918. The number of aromatic nitrogens is 4. The van der Waals surface area contributed by atoms with Crippen LogP contribution in [0.25, 0.3) is 5.69 Å². The van der Waals surface area contributed by atoms with Crippen molar-refractivity contribution in [2.24, 2.45) is 11.8 Å². The molecule has 0 unspecified atom stereocenters. The maximum Gasteiger partial charge on any atom is 0.335 e. The monoisotopic (exact) mass is 657 g/mol. The standard InChI is InChI=1S/C35H37F2N7O4/c1-41-13-10-23(11-14-41)17-42-15-12-27-30(20-42)38-21-39-33(27)48-31-9-6-25(16-29(31)37)40-32(45)28-19-43(18-22-2-3-22)35(47)44(34(28)46)26-7-4-24(36)5-8-26/h4-9,16,19,21-23H,2-3,10-15,17-18,20H2,1H3,(H,40,45). The molecule has 2 aliphatic heterocycles. The number of nitrogens with zero attached hydrogens (tertiary/aromatic N) is 6. The summed E-state index contributed by atoms with van der Waals surface area (Å²) in [7, 11) is 2.16. The highest BCUT2D eigenvalue weighted by molar-refractivity contribution is 6.03. The number of rotatable bonds is 9. The van der Waals surface area contributed by atoms with Crippen molar-refractivity contribution < 1.29 is 18.3 Å². The molecule has 1 N–H and O–H groups in total. The van der Waals surface area contributed by atoms with Gasteiger partial charge in [0.15, 0.2) is 11.6 Å². The Balaban J connectivity index is 1.07. The fourth-order valence-corrected chi connectivity index (χ4v) is 6.48. The van der Waals surface area contributed by atoms with E-state index in [0.717, 1.165) is 73.0 Å². The molecule has 0 radical (unpaired) electrons. The highest BCUT2D eigenvalue weighted by atomic mass is 19.1. The maximum atomic E-state index is 15.4. The molecule has 0 spiro atoms. The second-order valence-corrected chi connectivity index (χ2v) is 13.1. The quantitative estimate of drug-likeness (QED) is 0.285. The molecule has 0 atom stereocenters. The molecule has 1 saturated heterocycles. The van der Waals surface area contributed by atoms with Gasteiger partial charge < -0.3 is 15.0 Å². The Kier molecular flexibility index (Phi) is 8.88. The number of ether oxygens (including phenoxy) is 1. The molecule has 2 fully saturated rings. The van der Waals surface area contributed by atoms with Crippen LogP contribution in [-0.4, -0.2) is 68.0 Å². The third-order valence-electron chi connectivity index (χ3n) is 9.43. The number of fused-ring (bicyclic) bond motifs is 1. The van der Waals surface area contributed by atoms with Gasteiger partial charge in [0.25, 0.3) is 11.5 Å². The highest BCUT2D eigenvalue weighted by Crippen LogP contribution is 2.32. The van der Waals surface area contributed by atoms with E-state index in [1.165, 1.54) is 54.2 Å². The zero-order chi connectivity index (χ0) is 33.4. The predicted octanol–water partition coefficient (Wildman–Crippen LogP) is 4.22. The van der Waals surface area contributed by atoms with Crippen LogP contribution in [-0.2, 0) is 19.5 Å². The first-order valence-corrected chi connectivity index (χ1v) is 16.4. The van der Waals surface area contributed by atoms with E-state index in [1.54, 1.807) is 0 Å². The summed E-state index contributed by atoms with van der Waals surface area (Å²) in [5.41, 5.74) is 0.152. The van der Waals surface area contributed by atoms with Gasteiger partial charge in [-0.3, -0.25) is 19.1 Å². The van der Waals surface area contributed by atoms with Crippen LogP contribution in [0.1, 0.15) is 47.3 Å². The second kappa shape index (κ2) is 13.4. The van der Waals surface area contributed by atoms with Crippen LogP contribution in [0.2, 0.25) is 0 Å². The lowest BCUT2D eigenvalue weighted by Crippen LogP contribution is -2.42. The molecule has 2 aromatic carbocycles. The molecule has 11 nitrogen and oxygen atoms in total. The molecule has 1 aliphatic carbocycles. The Morgan fingerprint density at radius 3 is 2.44 bits per heavy atom. The second-order valence-electron chi connectivity index (χ2n) is 13.1. The minimum Gasteiger partial charge on any atom is -0.436 e. The third kappa shape index (κ3) is 6.92. The molecule has 3 aliphatic rings. The van der Waals surface area contributed by atoms with Gasteiger partial charge in [-0.1, -0.05) is 0 Å². The summed E-state index contributed by atoms with van der Waals surface area (Å²) in [6.45, 7) is 5.13. The van der Waals surface area contributed by atoms with Crippen molar-refractivity contribution in [3.05, 3.63) is 104 Å². The maximum absolute atomic E-state index is 15.4. The van der Waals surface area contributed by atoms with Gasteiger partial charge in [-0.15, -0.1) is 0 Å². The summed E-state index contributed by atoms with van der Waals surface area (Å²) in [5, 5.41) is 2.57. The predicted molar refractivity (Wildman–Crippen MR) is 175 cm³/mol. The average molecular weight is 658 g/mol. The van der Waals surface area contributed by atoms with Gasteiger partial charge in [-0.05, 0) is 100 Å². The number of amides is 1. The lowest BCUT2D eigenvalue weighted by molar-refractivity contribution is 0.102. The molecule has 4 heterocycles. The lowest BCUT2D eigenvalue weighted by Gasteiger charge is -2.35. The van der Waals surface area contributed by atoms with Gasteiger partial charge in [0.2, 0.25) is 5.88 Å². The van der Waals surface area contributed by atoms with Crippen LogP contribution in [0.4, 0.5) is 14.5 Å². The van der Waals surface area contributed by atoms with Crippen molar-refractivity contribution in [3.63, 3.8) is 0 Å². The van der Waals surface area contributed by atoms with E-state index in [4.69, 9.17) is 4.74 Å². The molecular weight excluding hydrogens is 620 g/mol. The number of halogens is 2. The normalized spacial score (nSPS) is 17.2. The molecule has 0 bridgehead atoms. The van der Waals surface area contributed by atoms with Crippen molar-refractivity contribution in [2.45, 2.75) is 45.2 Å². The van der Waals surface area contributed by atoms with E-state index in [-0.39, 0.29) is 28.6 Å². The largest absolute Gasteiger partial charge is 0.436 e. The summed E-state index contributed by atoms with van der Waals surface area (Å²) in [6.07, 6.45) is 7.61. The van der Waals surface area contributed by atoms with Crippen molar-refractivity contribution in [1.29, 1.82) is 0 Å². The lowest BCUT2D eigenvalue weighted by atomic mass is 9.95. The van der Waals surface area contributed by atoms with Crippen molar-refractivity contribution >= 4 is 11.6 Å². The van der Waals surface area contributed by atoms with Crippen molar-refractivity contribution in [3.8, 4) is 17.3 Å². The Morgan fingerprint density at radius 2 is 1.71 bits per heavy atom. The number of anilines is 1. The Hall–Kier alpha value is -4.75. The fourth-order valence-electron chi connectivity index (χ4n) is 6.48. The Bertz CT molecular complexity index is 1950. The van der Waals surface area contributed by atoms with Gasteiger partial charge in [0, 0.05) is 49.7 Å². The molecule has 2 aromatic heterocycles. The summed E-state index contributed by atoms with van der Waals surface area (Å²) in [4.78, 5) is 53.6. The van der Waals surface area contributed by atoms with E-state index >= 15 is 4.39 Å². The molecule has 7 rings (SSSR count). The highest BCUT2D eigenvalue weighted by Gasteiger charge is 2.27. The van der Waals surface area contributed by atoms with E-state index in [2.05, 4.69) is 32.1 Å². The summed E-state index contributed by atoms with van der Waals surface area (Å²) < 4.78 is 37.1. The van der Waals surface area contributed by atoms with E-state index in [1.807, 2.05) is 0 Å². The zero-order valence-corrected chi connectivity index (χ0v) is 26.7. The summed E-state index contributed by atoms with van der Waals surface area (Å²) in [6, 6.07) is 8.82. The molecule has 48 heavy (non-hydrogen) atoms. The van der Waals surface area contributed by atoms with E-state index in [9.17, 15) is 18.8 Å². The van der Waals surface area contributed by atoms with Crippen LogP contribution >= 0.6 is 0 Å². The topological polar surface area (TPSA) is 115 Å². The smallest absolute Gasteiger partial charge is 0.335 e. The number of carbonyl (C=O) groups is 1. The van der Waals surface area contributed by atoms with Crippen LogP contribution in [0.5, 0.6) is 11.6 Å². The molecule has 1 amide bonds. The van der Waals surface area contributed by atoms with Gasteiger partial charge in [-0.2, -0.15) is 0 Å². The number of piperidine rings is 1. The molecular formula is C35H37F2N7O4. The number of benzene rings is 2. The number of hydrogen-bond acceptors (Lipinski definition) is 8. The van der Waals surface area contributed by atoms with Crippen LogP contribution in [0.3, 0.4) is 0 Å². The average Bonchev–Trinajstić information content (AvgIpc) is 3.90. The molecule has 4 aromatic rings. The number of carbonyl (C=O) groups excluding carboxylic acids is 1. The molecule has 13 heteroatoms. The van der Waals surface area contributed by atoms with Crippen LogP contribution < -0.4 is 21.3 Å². The molecule has 1 saturated carbocycles. The van der Waals surface area contributed by atoms with E-state index < -0.39 is 28.8 Å². The van der Waals surface area contributed by atoms with Gasteiger partial charge >= 0.3 is 5.69 Å². The first-order valence-electron chi connectivity index (χ1n) is 16.4. The Labute approximate surface area is 275 Å². The minimum atomic E-state index is -0.866. The van der Waals surface area contributed by atoms with Gasteiger partial charge in [-0.25, -0.2) is 28.1 Å². The fraction of sp³-hybridized carbons (Fsp3) is 0.400. The van der Waals surface area contributed by atoms with E-state index in [0.29, 0.717) is 31.3 Å². The van der Waals surface area contributed by atoms with Crippen LogP contribution in [0.15, 0.2) is 64.6 Å². The first-order chi connectivity index (χ1) is 23.2. The van der Waals surface area contributed by atoms with Crippen molar-refractivity contribution in [2.75, 3.05) is 38.5 Å². The van der Waals surface area contributed by atoms with Crippen molar-refractivity contribution in [1.82, 2.24) is 28.9 Å². The van der Waals surface area contributed by atoms with Gasteiger partial charge in [0.1, 0.15) is 17.7 Å². The Morgan fingerprint density at radius 1 is 0.958 bits per heavy atom. The first kappa shape index (κ1) is 31.8.